The van der Waals surface area contributed by atoms with Gasteiger partial charge in [0.2, 0.25) is 0 Å². The fourth-order valence-corrected chi connectivity index (χ4v) is 2.90. The molecular formula is C12H18O11S. The number of esters is 3. The summed E-state index contributed by atoms with van der Waals surface area (Å²) in [5.41, 5.74) is 0. The van der Waals surface area contributed by atoms with E-state index in [1.807, 2.05) is 0 Å². The maximum absolute atomic E-state index is 11.3. The lowest BCUT2D eigenvalue weighted by molar-refractivity contribution is -0.287. The predicted octanol–water partition coefficient (Wildman–Crippen LogP) is -1.61. The summed E-state index contributed by atoms with van der Waals surface area (Å²) >= 11 is 0. The monoisotopic (exact) mass is 370 g/mol. The molecule has 0 aromatic carbocycles. The van der Waals surface area contributed by atoms with E-state index in [-0.39, 0.29) is 0 Å². The van der Waals surface area contributed by atoms with Gasteiger partial charge in [0.1, 0.15) is 11.9 Å². The van der Waals surface area contributed by atoms with Gasteiger partial charge in [0.15, 0.2) is 24.6 Å². The molecule has 0 aromatic rings. The van der Waals surface area contributed by atoms with Gasteiger partial charge in [-0.25, -0.2) is 0 Å². The molecule has 2 N–H and O–H groups in total. The van der Waals surface area contributed by atoms with Crippen molar-refractivity contribution < 1.29 is 51.4 Å². The van der Waals surface area contributed by atoms with Crippen molar-refractivity contribution in [3.05, 3.63) is 0 Å². The van der Waals surface area contributed by atoms with Crippen LogP contribution in [0.1, 0.15) is 20.8 Å². The molecule has 0 aromatic heterocycles. The smallest absolute Gasteiger partial charge is 0.303 e. The number of rotatable bonds is 5. The van der Waals surface area contributed by atoms with Crippen molar-refractivity contribution in [3.8, 4) is 0 Å². The van der Waals surface area contributed by atoms with Gasteiger partial charge in [-0.15, -0.1) is 0 Å². The summed E-state index contributed by atoms with van der Waals surface area (Å²) in [6.45, 7) is 3.03. The van der Waals surface area contributed by atoms with Gasteiger partial charge in [0.25, 0.3) is 10.1 Å². The second kappa shape index (κ2) is 7.88. The summed E-state index contributed by atoms with van der Waals surface area (Å²) in [6, 6.07) is 0. The van der Waals surface area contributed by atoms with Gasteiger partial charge < -0.3 is 24.1 Å². The first-order valence-corrected chi connectivity index (χ1v) is 8.32. The van der Waals surface area contributed by atoms with Crippen molar-refractivity contribution in [2.45, 2.75) is 51.5 Å². The van der Waals surface area contributed by atoms with Gasteiger partial charge in [-0.05, 0) is 0 Å². The molecule has 0 amide bonds. The van der Waals surface area contributed by atoms with E-state index in [0.717, 1.165) is 20.8 Å². The van der Waals surface area contributed by atoms with Crippen LogP contribution in [0.25, 0.3) is 0 Å². The Bertz CT molecular complexity index is 598. The topological polar surface area (TPSA) is 163 Å². The molecule has 0 bridgehead atoms. The Morgan fingerprint density at radius 3 is 1.75 bits per heavy atom. The van der Waals surface area contributed by atoms with Crippen molar-refractivity contribution in [1.82, 2.24) is 0 Å². The molecule has 0 unspecified atom stereocenters. The highest BCUT2D eigenvalue weighted by Gasteiger charge is 2.52. The Labute approximate surface area is 137 Å². The second-order valence-electron chi connectivity index (χ2n) is 5.04. The molecule has 1 rings (SSSR count). The number of hydrogen-bond donors (Lipinski definition) is 2. The molecule has 1 fully saturated rings. The minimum Gasteiger partial charge on any atom is -0.456 e. The third-order valence-electron chi connectivity index (χ3n) is 2.89. The highest BCUT2D eigenvalue weighted by molar-refractivity contribution is 7.85. The van der Waals surface area contributed by atoms with Crippen LogP contribution in [0.3, 0.4) is 0 Å². The van der Waals surface area contributed by atoms with Gasteiger partial charge >= 0.3 is 17.9 Å². The Morgan fingerprint density at radius 2 is 1.33 bits per heavy atom. The Kier molecular flexibility index (Phi) is 6.66. The molecule has 0 radical (unpaired) electrons. The minimum absolute atomic E-state index is 0.852. The minimum atomic E-state index is -4.58. The summed E-state index contributed by atoms with van der Waals surface area (Å²) < 4.78 is 50.7. The Hall–Kier alpha value is -1.76. The van der Waals surface area contributed by atoms with Crippen LogP contribution in [-0.2, 0) is 43.4 Å². The molecule has 1 heterocycles. The zero-order valence-electron chi connectivity index (χ0n) is 13.1. The fraction of sp³-hybridized carbons (Fsp3) is 0.750. The lowest BCUT2D eigenvalue weighted by Gasteiger charge is -2.42. The number of carbonyl (C=O) groups is 3. The highest BCUT2D eigenvalue weighted by atomic mass is 32.2. The average molecular weight is 370 g/mol. The van der Waals surface area contributed by atoms with Crippen LogP contribution in [0.4, 0.5) is 0 Å². The van der Waals surface area contributed by atoms with Gasteiger partial charge in [0, 0.05) is 20.8 Å². The van der Waals surface area contributed by atoms with Crippen molar-refractivity contribution >= 4 is 28.0 Å². The molecule has 1 saturated heterocycles. The van der Waals surface area contributed by atoms with Crippen LogP contribution < -0.4 is 0 Å². The van der Waals surface area contributed by atoms with Crippen molar-refractivity contribution in [2.75, 3.05) is 5.75 Å². The molecule has 138 valence electrons. The van der Waals surface area contributed by atoms with E-state index in [1.54, 1.807) is 0 Å². The first-order valence-electron chi connectivity index (χ1n) is 6.71. The van der Waals surface area contributed by atoms with Crippen LogP contribution in [0.15, 0.2) is 0 Å². The standard InChI is InChI=1S/C12H18O11S/c1-5(13)20-9-8(4-24(17,18)19)23-12(16)11(22-7(3)15)10(9)21-6(2)14/h8-12,16H,4H2,1-3H3,(H,17,18,19)/t8-,9-,10+,11+,12-/m0/s1. The van der Waals surface area contributed by atoms with Crippen LogP contribution in [0.5, 0.6) is 0 Å². The number of carbonyl (C=O) groups excluding carboxylic acids is 3. The summed E-state index contributed by atoms with van der Waals surface area (Å²) in [7, 11) is -4.58. The van der Waals surface area contributed by atoms with Crippen LogP contribution in [-0.4, -0.2) is 72.4 Å². The van der Waals surface area contributed by atoms with Crippen molar-refractivity contribution in [3.63, 3.8) is 0 Å². The Morgan fingerprint density at radius 1 is 0.917 bits per heavy atom. The van der Waals surface area contributed by atoms with E-state index in [4.69, 9.17) is 23.5 Å². The SMILES string of the molecule is CC(=O)O[C@@H]1[C@@H](OC(C)=O)[C@H](CS(=O)(=O)O)O[C@H](O)[C@@H]1OC(C)=O. The van der Waals surface area contributed by atoms with E-state index < -0.39 is 64.5 Å². The molecule has 0 spiro atoms. The highest BCUT2D eigenvalue weighted by Crippen LogP contribution is 2.28. The second-order valence-corrected chi connectivity index (χ2v) is 6.53. The molecule has 0 saturated carbocycles. The molecule has 1 aliphatic rings. The van der Waals surface area contributed by atoms with Crippen molar-refractivity contribution in [2.24, 2.45) is 0 Å². The zero-order chi connectivity index (χ0) is 18.7. The maximum atomic E-state index is 11.3. The average Bonchev–Trinajstić information content (AvgIpc) is 2.35. The van der Waals surface area contributed by atoms with E-state index in [9.17, 15) is 27.9 Å². The van der Waals surface area contributed by atoms with E-state index in [1.165, 1.54) is 0 Å². The largest absolute Gasteiger partial charge is 0.456 e. The predicted molar refractivity (Wildman–Crippen MR) is 74.0 cm³/mol. The molecule has 12 heteroatoms. The number of aliphatic hydroxyl groups excluding tert-OH is 1. The van der Waals surface area contributed by atoms with Gasteiger partial charge in [-0.1, -0.05) is 0 Å². The fourth-order valence-electron chi connectivity index (χ4n) is 2.21. The van der Waals surface area contributed by atoms with Gasteiger partial charge in [-0.2, -0.15) is 8.42 Å². The lowest BCUT2D eigenvalue weighted by Crippen LogP contribution is -2.62. The van der Waals surface area contributed by atoms with Crippen LogP contribution in [0, 0.1) is 0 Å². The number of aliphatic hydroxyl groups is 1. The van der Waals surface area contributed by atoms with E-state index >= 15 is 0 Å². The summed E-state index contributed by atoms with van der Waals surface area (Å²) in [5.74, 6) is -3.64. The first-order chi connectivity index (χ1) is 10.9. The summed E-state index contributed by atoms with van der Waals surface area (Å²) in [4.78, 5) is 33.7. The third kappa shape index (κ3) is 6.03. The van der Waals surface area contributed by atoms with Crippen LogP contribution >= 0.6 is 0 Å². The molecule has 11 nitrogen and oxygen atoms in total. The zero-order valence-corrected chi connectivity index (χ0v) is 13.9. The molecule has 24 heavy (non-hydrogen) atoms. The van der Waals surface area contributed by atoms with E-state index in [2.05, 4.69) is 0 Å². The Balaban J connectivity index is 3.23. The van der Waals surface area contributed by atoms with Gasteiger partial charge in [0.05, 0.1) is 0 Å². The first kappa shape index (κ1) is 20.3. The normalized spacial score (nSPS) is 30.3. The quantitative estimate of drug-likeness (QED) is 0.325. The summed E-state index contributed by atoms with van der Waals surface area (Å²) in [5, 5.41) is 9.91. The summed E-state index contributed by atoms with van der Waals surface area (Å²) in [6.07, 6.45) is -8.08. The molecular weight excluding hydrogens is 352 g/mol. The van der Waals surface area contributed by atoms with Gasteiger partial charge in [-0.3, -0.25) is 18.9 Å². The number of ether oxygens (including phenoxy) is 4. The van der Waals surface area contributed by atoms with Crippen molar-refractivity contribution in [1.29, 1.82) is 0 Å². The van der Waals surface area contributed by atoms with E-state index in [0.29, 0.717) is 0 Å². The van der Waals surface area contributed by atoms with Crippen LogP contribution in [0.2, 0.25) is 0 Å². The lowest BCUT2D eigenvalue weighted by atomic mass is 9.99. The number of hydrogen-bond acceptors (Lipinski definition) is 10. The molecule has 5 atom stereocenters. The molecule has 1 aliphatic heterocycles. The third-order valence-corrected chi connectivity index (χ3v) is 3.64. The molecule has 0 aliphatic carbocycles. The maximum Gasteiger partial charge on any atom is 0.303 e.